The molecule has 0 unspecified atom stereocenters. The molecule has 0 radical (unpaired) electrons. The van der Waals surface area contributed by atoms with Crippen LogP contribution in [0.2, 0.25) is 0 Å². The fourth-order valence-electron chi connectivity index (χ4n) is 2.09. The van der Waals surface area contributed by atoms with Crippen LogP contribution in [-0.2, 0) is 19.5 Å². The van der Waals surface area contributed by atoms with E-state index in [9.17, 15) is 12.8 Å². The Labute approximate surface area is 124 Å². The number of sulfonamides is 1. The standard InChI is InChI=1S/C14H20FNO4S/c15-12-4-1-6-14(10-12)21(17,18)16-7-3-8-19-11-13-5-2-9-20-13/h1,4,6,10,13,16H,2-3,5,7-9,11H2/t13-/m1/s1. The third-order valence-corrected chi connectivity index (χ3v) is 4.65. The summed E-state index contributed by atoms with van der Waals surface area (Å²) in [5, 5.41) is 0. The molecule has 0 saturated carbocycles. The van der Waals surface area contributed by atoms with Gasteiger partial charge >= 0.3 is 0 Å². The van der Waals surface area contributed by atoms with Crippen molar-refractivity contribution in [1.29, 1.82) is 0 Å². The monoisotopic (exact) mass is 317 g/mol. The topological polar surface area (TPSA) is 64.6 Å². The quantitative estimate of drug-likeness (QED) is 0.741. The van der Waals surface area contributed by atoms with Crippen molar-refractivity contribution in [3.05, 3.63) is 30.1 Å². The van der Waals surface area contributed by atoms with Crippen molar-refractivity contribution in [3.63, 3.8) is 0 Å². The molecular weight excluding hydrogens is 297 g/mol. The highest BCUT2D eigenvalue weighted by atomic mass is 32.2. The Hall–Kier alpha value is -1.02. The van der Waals surface area contributed by atoms with Gasteiger partial charge in [-0.3, -0.25) is 0 Å². The summed E-state index contributed by atoms with van der Waals surface area (Å²) in [5.41, 5.74) is 0. The van der Waals surface area contributed by atoms with E-state index in [0.29, 0.717) is 19.6 Å². The Bertz CT molecular complexity index is 544. The second-order valence-corrected chi connectivity index (χ2v) is 6.69. The molecule has 1 aliphatic rings. The minimum absolute atomic E-state index is 0.0669. The fraction of sp³-hybridized carbons (Fsp3) is 0.571. The number of hydrogen-bond acceptors (Lipinski definition) is 4. The molecule has 1 aromatic carbocycles. The molecule has 1 aromatic rings. The predicted octanol–water partition coefficient (Wildman–Crippen LogP) is 1.69. The van der Waals surface area contributed by atoms with E-state index in [-0.39, 0.29) is 17.5 Å². The molecule has 0 bridgehead atoms. The first-order chi connectivity index (χ1) is 10.1. The third-order valence-electron chi connectivity index (χ3n) is 3.19. The van der Waals surface area contributed by atoms with Gasteiger partial charge in [-0.05, 0) is 37.5 Å². The Kier molecular flexibility index (Phi) is 6.10. The lowest BCUT2D eigenvalue weighted by Gasteiger charge is -2.10. The van der Waals surface area contributed by atoms with Crippen LogP contribution in [0.1, 0.15) is 19.3 Å². The van der Waals surface area contributed by atoms with Gasteiger partial charge in [0.1, 0.15) is 5.82 Å². The lowest BCUT2D eigenvalue weighted by atomic mass is 10.2. The van der Waals surface area contributed by atoms with E-state index in [4.69, 9.17) is 9.47 Å². The van der Waals surface area contributed by atoms with Crippen LogP contribution < -0.4 is 4.72 Å². The Morgan fingerprint density at radius 2 is 2.29 bits per heavy atom. The van der Waals surface area contributed by atoms with E-state index < -0.39 is 15.8 Å². The van der Waals surface area contributed by atoms with Crippen molar-refractivity contribution in [3.8, 4) is 0 Å². The zero-order chi connectivity index (χ0) is 15.1. The van der Waals surface area contributed by atoms with E-state index in [1.807, 2.05) is 0 Å². The highest BCUT2D eigenvalue weighted by molar-refractivity contribution is 7.89. The number of halogens is 1. The molecule has 2 rings (SSSR count). The van der Waals surface area contributed by atoms with Crippen LogP contribution in [0.4, 0.5) is 4.39 Å². The first-order valence-electron chi connectivity index (χ1n) is 7.02. The molecule has 0 amide bonds. The van der Waals surface area contributed by atoms with Crippen LogP contribution in [0.5, 0.6) is 0 Å². The zero-order valence-electron chi connectivity index (χ0n) is 11.8. The minimum Gasteiger partial charge on any atom is -0.379 e. The van der Waals surface area contributed by atoms with Gasteiger partial charge in [-0.2, -0.15) is 0 Å². The average Bonchev–Trinajstić information content (AvgIpc) is 2.96. The molecule has 21 heavy (non-hydrogen) atoms. The molecule has 0 aromatic heterocycles. The van der Waals surface area contributed by atoms with E-state index >= 15 is 0 Å². The number of hydrogen-bond donors (Lipinski definition) is 1. The van der Waals surface area contributed by atoms with E-state index in [1.165, 1.54) is 18.2 Å². The van der Waals surface area contributed by atoms with Crippen molar-refractivity contribution < 1.29 is 22.3 Å². The molecule has 1 aliphatic heterocycles. The zero-order valence-corrected chi connectivity index (χ0v) is 12.6. The maximum atomic E-state index is 13.0. The van der Waals surface area contributed by atoms with E-state index in [2.05, 4.69) is 4.72 Å². The smallest absolute Gasteiger partial charge is 0.240 e. The average molecular weight is 317 g/mol. The fourth-order valence-corrected chi connectivity index (χ4v) is 3.19. The molecule has 118 valence electrons. The third kappa shape index (κ3) is 5.35. The molecule has 5 nitrogen and oxygen atoms in total. The molecule has 7 heteroatoms. The van der Waals surface area contributed by atoms with Gasteiger partial charge in [-0.25, -0.2) is 17.5 Å². The highest BCUT2D eigenvalue weighted by Gasteiger charge is 2.16. The molecule has 1 N–H and O–H groups in total. The molecule has 1 saturated heterocycles. The maximum absolute atomic E-state index is 13.0. The van der Waals surface area contributed by atoms with E-state index in [0.717, 1.165) is 25.5 Å². The molecule has 1 atom stereocenters. The summed E-state index contributed by atoms with van der Waals surface area (Å²) in [7, 11) is -3.66. The minimum atomic E-state index is -3.66. The lowest BCUT2D eigenvalue weighted by molar-refractivity contribution is 0.0169. The summed E-state index contributed by atoms with van der Waals surface area (Å²) in [6, 6.07) is 4.93. The Morgan fingerprint density at radius 3 is 3.00 bits per heavy atom. The van der Waals surface area contributed by atoms with Crippen molar-refractivity contribution >= 4 is 10.0 Å². The summed E-state index contributed by atoms with van der Waals surface area (Å²) < 4.78 is 50.1. The van der Waals surface area contributed by atoms with Crippen molar-refractivity contribution in [2.24, 2.45) is 0 Å². The number of benzene rings is 1. The summed E-state index contributed by atoms with van der Waals surface area (Å²) in [6.07, 6.45) is 2.82. The highest BCUT2D eigenvalue weighted by Crippen LogP contribution is 2.12. The van der Waals surface area contributed by atoms with Gasteiger partial charge in [0.05, 0.1) is 17.6 Å². The van der Waals surface area contributed by atoms with Crippen LogP contribution in [0, 0.1) is 5.82 Å². The SMILES string of the molecule is O=S(=O)(NCCCOC[C@H]1CCCO1)c1cccc(F)c1. The molecule has 0 spiro atoms. The van der Waals surface area contributed by atoms with Gasteiger partial charge in [-0.1, -0.05) is 6.07 Å². The number of nitrogens with one attached hydrogen (secondary N) is 1. The van der Waals surface area contributed by atoms with Crippen LogP contribution in [-0.4, -0.2) is 40.9 Å². The van der Waals surface area contributed by atoms with E-state index in [1.54, 1.807) is 0 Å². The van der Waals surface area contributed by atoms with Gasteiger partial charge < -0.3 is 9.47 Å². The summed E-state index contributed by atoms with van der Waals surface area (Å²) in [6.45, 7) is 2.06. The van der Waals surface area contributed by atoms with Gasteiger partial charge in [0.2, 0.25) is 10.0 Å². The summed E-state index contributed by atoms with van der Waals surface area (Å²) in [5.74, 6) is -0.572. The molecular formula is C14H20FNO4S. The summed E-state index contributed by atoms with van der Waals surface area (Å²) >= 11 is 0. The second kappa shape index (κ2) is 7.84. The normalized spacial score (nSPS) is 19.0. The van der Waals surface area contributed by atoms with Crippen LogP contribution >= 0.6 is 0 Å². The predicted molar refractivity (Wildman–Crippen MR) is 76.0 cm³/mol. The van der Waals surface area contributed by atoms with Gasteiger partial charge in [0, 0.05) is 19.8 Å². The first-order valence-corrected chi connectivity index (χ1v) is 8.51. The number of rotatable bonds is 8. The van der Waals surface area contributed by atoms with Crippen molar-refractivity contribution in [1.82, 2.24) is 4.72 Å². The largest absolute Gasteiger partial charge is 0.379 e. The van der Waals surface area contributed by atoms with Gasteiger partial charge in [0.15, 0.2) is 0 Å². The van der Waals surface area contributed by atoms with Crippen molar-refractivity contribution in [2.75, 3.05) is 26.4 Å². The maximum Gasteiger partial charge on any atom is 0.240 e. The number of ether oxygens (including phenoxy) is 2. The summed E-state index contributed by atoms with van der Waals surface area (Å²) in [4.78, 5) is -0.0669. The van der Waals surface area contributed by atoms with Gasteiger partial charge in [0.25, 0.3) is 0 Å². The molecule has 1 heterocycles. The molecule has 1 fully saturated rings. The van der Waals surface area contributed by atoms with Crippen LogP contribution in [0.25, 0.3) is 0 Å². The second-order valence-electron chi connectivity index (χ2n) is 4.92. The van der Waals surface area contributed by atoms with Crippen LogP contribution in [0.3, 0.4) is 0 Å². The molecule has 0 aliphatic carbocycles. The Morgan fingerprint density at radius 1 is 1.43 bits per heavy atom. The van der Waals surface area contributed by atoms with Crippen molar-refractivity contribution in [2.45, 2.75) is 30.3 Å². The van der Waals surface area contributed by atoms with Gasteiger partial charge in [-0.15, -0.1) is 0 Å². The first kappa shape index (κ1) is 16.4. The Balaban J connectivity index is 1.65. The lowest BCUT2D eigenvalue weighted by Crippen LogP contribution is -2.26. The van der Waals surface area contributed by atoms with Crippen LogP contribution in [0.15, 0.2) is 29.2 Å².